The van der Waals surface area contributed by atoms with E-state index in [9.17, 15) is 4.79 Å². The zero-order chi connectivity index (χ0) is 8.43. The zero-order valence-corrected chi connectivity index (χ0v) is 7.00. The van der Waals surface area contributed by atoms with Crippen molar-refractivity contribution in [2.75, 3.05) is 0 Å². The van der Waals surface area contributed by atoms with Crippen molar-refractivity contribution in [3.05, 3.63) is 11.6 Å². The van der Waals surface area contributed by atoms with Gasteiger partial charge in [0.25, 0.3) is 0 Å². The van der Waals surface area contributed by atoms with Crippen molar-refractivity contribution in [1.29, 1.82) is 0 Å². The largest absolute Gasteiger partial charge is 0.481 e. The van der Waals surface area contributed by atoms with Gasteiger partial charge in [-0.1, -0.05) is 18.6 Å². The Bertz CT molecular complexity index is 194. The molecular formula is C9H14O2. The summed E-state index contributed by atoms with van der Waals surface area (Å²) in [5.41, 5.74) is 1.25. The Morgan fingerprint density at radius 3 is 2.82 bits per heavy atom. The van der Waals surface area contributed by atoms with E-state index in [0.717, 1.165) is 6.42 Å². The molecule has 0 aliphatic heterocycles. The molecule has 0 saturated heterocycles. The second-order valence-corrected chi connectivity index (χ2v) is 3.42. The summed E-state index contributed by atoms with van der Waals surface area (Å²) in [7, 11) is 0. The molecule has 2 nitrogen and oxygen atoms in total. The van der Waals surface area contributed by atoms with Crippen LogP contribution in [0.15, 0.2) is 11.6 Å². The van der Waals surface area contributed by atoms with Crippen molar-refractivity contribution in [2.45, 2.75) is 26.7 Å². The third kappa shape index (κ3) is 2.07. The summed E-state index contributed by atoms with van der Waals surface area (Å²) >= 11 is 0. The maximum absolute atomic E-state index is 10.4. The van der Waals surface area contributed by atoms with Gasteiger partial charge in [0.2, 0.25) is 0 Å². The number of allylic oxidation sites excluding steroid dienone is 2. The molecule has 2 heteroatoms. The molecule has 0 amide bonds. The van der Waals surface area contributed by atoms with E-state index in [2.05, 4.69) is 13.0 Å². The molecule has 1 N–H and O–H groups in total. The van der Waals surface area contributed by atoms with Crippen molar-refractivity contribution in [2.24, 2.45) is 11.8 Å². The lowest BCUT2D eigenvalue weighted by Crippen LogP contribution is -2.06. The minimum Gasteiger partial charge on any atom is -0.481 e. The van der Waals surface area contributed by atoms with E-state index < -0.39 is 5.97 Å². The van der Waals surface area contributed by atoms with E-state index in [1.807, 2.05) is 6.92 Å². The Kier molecular flexibility index (Phi) is 2.32. The van der Waals surface area contributed by atoms with Crippen LogP contribution in [-0.2, 0) is 4.79 Å². The molecule has 0 aromatic rings. The minimum atomic E-state index is -0.683. The molecule has 1 aliphatic rings. The number of aliphatic carboxylic acids is 1. The number of hydrogen-bond donors (Lipinski definition) is 1. The maximum Gasteiger partial charge on any atom is 0.303 e. The summed E-state index contributed by atoms with van der Waals surface area (Å²) in [5.74, 6) is 0.179. The Hall–Kier alpha value is -0.790. The second kappa shape index (κ2) is 3.07. The van der Waals surface area contributed by atoms with Crippen LogP contribution in [0.2, 0.25) is 0 Å². The summed E-state index contributed by atoms with van der Waals surface area (Å²) in [6.45, 7) is 4.16. The molecule has 11 heavy (non-hydrogen) atoms. The van der Waals surface area contributed by atoms with Crippen LogP contribution in [0.5, 0.6) is 0 Å². The van der Waals surface area contributed by atoms with Gasteiger partial charge >= 0.3 is 5.97 Å². The van der Waals surface area contributed by atoms with Gasteiger partial charge in [-0.3, -0.25) is 4.79 Å². The topological polar surface area (TPSA) is 37.3 Å². The quantitative estimate of drug-likeness (QED) is 0.618. The van der Waals surface area contributed by atoms with Gasteiger partial charge in [0, 0.05) is 0 Å². The Labute approximate surface area is 66.9 Å². The Morgan fingerprint density at radius 2 is 2.45 bits per heavy atom. The van der Waals surface area contributed by atoms with E-state index in [0.29, 0.717) is 18.3 Å². The SMILES string of the molecule is CC1=CC(C)CC1CC(=O)O. The van der Waals surface area contributed by atoms with Gasteiger partial charge in [0.1, 0.15) is 0 Å². The molecule has 2 unspecified atom stereocenters. The highest BCUT2D eigenvalue weighted by Gasteiger charge is 2.22. The number of carbonyl (C=O) groups is 1. The summed E-state index contributed by atoms with van der Waals surface area (Å²) in [5, 5.41) is 8.55. The zero-order valence-electron chi connectivity index (χ0n) is 7.00. The first-order chi connectivity index (χ1) is 5.09. The molecular weight excluding hydrogens is 140 g/mol. The summed E-state index contributed by atoms with van der Waals surface area (Å²) in [4.78, 5) is 10.4. The van der Waals surface area contributed by atoms with E-state index in [-0.39, 0.29) is 0 Å². The van der Waals surface area contributed by atoms with Gasteiger partial charge in [0.15, 0.2) is 0 Å². The normalized spacial score (nSPS) is 30.2. The fourth-order valence-corrected chi connectivity index (χ4v) is 1.74. The molecule has 0 saturated carbocycles. The van der Waals surface area contributed by atoms with Gasteiger partial charge in [-0.15, -0.1) is 0 Å². The average Bonchev–Trinajstić information content (AvgIpc) is 2.09. The molecule has 0 aromatic carbocycles. The van der Waals surface area contributed by atoms with Gasteiger partial charge in [0.05, 0.1) is 6.42 Å². The van der Waals surface area contributed by atoms with Crippen LogP contribution in [0.3, 0.4) is 0 Å². The number of carboxylic acid groups (broad SMARTS) is 1. The van der Waals surface area contributed by atoms with Crippen LogP contribution in [0.1, 0.15) is 26.7 Å². The highest BCUT2D eigenvalue weighted by atomic mass is 16.4. The van der Waals surface area contributed by atoms with E-state index >= 15 is 0 Å². The highest BCUT2D eigenvalue weighted by Crippen LogP contribution is 2.31. The molecule has 62 valence electrons. The van der Waals surface area contributed by atoms with Crippen LogP contribution in [-0.4, -0.2) is 11.1 Å². The molecule has 0 spiro atoms. The van der Waals surface area contributed by atoms with Gasteiger partial charge in [-0.25, -0.2) is 0 Å². The second-order valence-electron chi connectivity index (χ2n) is 3.42. The number of carboxylic acids is 1. The van der Waals surface area contributed by atoms with Crippen LogP contribution in [0, 0.1) is 11.8 Å². The Morgan fingerprint density at radius 1 is 1.82 bits per heavy atom. The first-order valence-corrected chi connectivity index (χ1v) is 3.99. The monoisotopic (exact) mass is 154 g/mol. The van der Waals surface area contributed by atoms with Crippen LogP contribution in [0.25, 0.3) is 0 Å². The molecule has 0 aromatic heterocycles. The summed E-state index contributed by atoms with van der Waals surface area (Å²) < 4.78 is 0. The lowest BCUT2D eigenvalue weighted by atomic mass is 9.97. The predicted octanol–water partition coefficient (Wildman–Crippen LogP) is 2.06. The number of hydrogen-bond acceptors (Lipinski definition) is 1. The van der Waals surface area contributed by atoms with Crippen LogP contribution in [0.4, 0.5) is 0 Å². The van der Waals surface area contributed by atoms with E-state index in [4.69, 9.17) is 5.11 Å². The summed E-state index contributed by atoms with van der Waals surface area (Å²) in [6, 6.07) is 0. The maximum atomic E-state index is 10.4. The summed E-state index contributed by atoms with van der Waals surface area (Å²) in [6.07, 6.45) is 3.48. The van der Waals surface area contributed by atoms with Crippen molar-refractivity contribution in [3.8, 4) is 0 Å². The highest BCUT2D eigenvalue weighted by molar-refractivity contribution is 5.67. The fourth-order valence-electron chi connectivity index (χ4n) is 1.74. The third-order valence-electron chi connectivity index (χ3n) is 2.27. The van der Waals surface area contributed by atoms with Crippen LogP contribution < -0.4 is 0 Å². The smallest absolute Gasteiger partial charge is 0.303 e. The predicted molar refractivity (Wildman–Crippen MR) is 43.3 cm³/mol. The first kappa shape index (κ1) is 8.31. The molecule has 0 radical (unpaired) electrons. The fraction of sp³-hybridized carbons (Fsp3) is 0.667. The third-order valence-corrected chi connectivity index (χ3v) is 2.27. The lowest BCUT2D eigenvalue weighted by Gasteiger charge is -2.08. The van der Waals surface area contributed by atoms with Gasteiger partial charge < -0.3 is 5.11 Å². The Balaban J connectivity index is 2.50. The lowest BCUT2D eigenvalue weighted by molar-refractivity contribution is -0.137. The molecule has 2 atom stereocenters. The van der Waals surface area contributed by atoms with E-state index in [1.165, 1.54) is 5.57 Å². The standard InChI is InChI=1S/C9H14O2/c1-6-3-7(2)8(4-6)5-9(10)11/h3,6,8H,4-5H2,1-2H3,(H,10,11). The number of rotatable bonds is 2. The molecule has 1 rings (SSSR count). The van der Waals surface area contributed by atoms with Crippen molar-refractivity contribution in [1.82, 2.24) is 0 Å². The van der Waals surface area contributed by atoms with Crippen molar-refractivity contribution in [3.63, 3.8) is 0 Å². The molecule has 0 fully saturated rings. The molecule has 1 aliphatic carbocycles. The average molecular weight is 154 g/mol. The van der Waals surface area contributed by atoms with Crippen molar-refractivity contribution < 1.29 is 9.90 Å². The van der Waals surface area contributed by atoms with Crippen LogP contribution >= 0.6 is 0 Å². The van der Waals surface area contributed by atoms with Gasteiger partial charge in [-0.2, -0.15) is 0 Å². The van der Waals surface area contributed by atoms with Gasteiger partial charge in [-0.05, 0) is 25.2 Å². The molecule has 0 heterocycles. The van der Waals surface area contributed by atoms with Crippen molar-refractivity contribution >= 4 is 5.97 Å². The molecule has 0 bridgehead atoms. The minimum absolute atomic E-state index is 0.294. The van der Waals surface area contributed by atoms with E-state index in [1.54, 1.807) is 0 Å². The first-order valence-electron chi connectivity index (χ1n) is 3.99.